The molecule has 0 aliphatic carbocycles. The molecule has 2 N–H and O–H groups in total. The van der Waals surface area contributed by atoms with E-state index in [4.69, 9.17) is 11.5 Å². The second-order valence-electron chi connectivity index (χ2n) is 3.88. The first kappa shape index (κ1) is 14.5. The summed E-state index contributed by atoms with van der Waals surface area (Å²) in [7, 11) is 0. The molecule has 0 bridgehead atoms. The van der Waals surface area contributed by atoms with Crippen LogP contribution in [0.15, 0.2) is 18.2 Å². The molecule has 0 spiro atoms. The van der Waals surface area contributed by atoms with Crippen molar-refractivity contribution in [2.24, 2.45) is 0 Å². The van der Waals surface area contributed by atoms with Crippen LogP contribution in [0.5, 0.6) is 0 Å². The van der Waals surface area contributed by atoms with E-state index >= 15 is 0 Å². The fourth-order valence-electron chi connectivity index (χ4n) is 1.45. The van der Waals surface area contributed by atoms with E-state index < -0.39 is 18.5 Å². The van der Waals surface area contributed by atoms with Crippen LogP contribution in [0, 0.1) is 19.3 Å². The third kappa shape index (κ3) is 5.08. The SMILES string of the molecule is C#CCN(CC(=O)O)C(=O)NCc1cccc(C)n1. The summed E-state index contributed by atoms with van der Waals surface area (Å²) in [5.41, 5.74) is 1.54. The third-order valence-corrected chi connectivity index (χ3v) is 2.26. The molecule has 0 unspecified atom stereocenters. The minimum absolute atomic E-state index is 0.0562. The van der Waals surface area contributed by atoms with Crippen molar-refractivity contribution in [3.8, 4) is 12.3 Å². The maximum absolute atomic E-state index is 11.8. The highest BCUT2D eigenvalue weighted by atomic mass is 16.4. The van der Waals surface area contributed by atoms with Gasteiger partial charge in [0.05, 0.1) is 18.8 Å². The zero-order chi connectivity index (χ0) is 14.3. The standard InChI is InChI=1S/C13H15N3O3/c1-3-7-16(9-12(17)18)13(19)14-8-11-6-4-5-10(2)15-11/h1,4-6H,7-9H2,2H3,(H,14,19)(H,17,18). The molecule has 1 aromatic rings. The summed E-state index contributed by atoms with van der Waals surface area (Å²) in [6.45, 7) is 1.58. The van der Waals surface area contributed by atoms with Crippen LogP contribution in [0.25, 0.3) is 0 Å². The summed E-state index contributed by atoms with van der Waals surface area (Å²) in [6, 6.07) is 4.93. The first-order valence-electron chi connectivity index (χ1n) is 5.63. The van der Waals surface area contributed by atoms with Gasteiger partial charge in [0.2, 0.25) is 0 Å². The highest BCUT2D eigenvalue weighted by molar-refractivity contribution is 5.80. The zero-order valence-electron chi connectivity index (χ0n) is 10.6. The fourth-order valence-corrected chi connectivity index (χ4v) is 1.45. The van der Waals surface area contributed by atoms with Gasteiger partial charge in [0.15, 0.2) is 0 Å². The molecule has 1 heterocycles. The number of amides is 2. The van der Waals surface area contributed by atoms with E-state index in [2.05, 4.69) is 16.2 Å². The maximum Gasteiger partial charge on any atom is 0.323 e. The Morgan fingerprint density at radius 3 is 2.84 bits per heavy atom. The maximum atomic E-state index is 11.8. The van der Waals surface area contributed by atoms with Gasteiger partial charge in [-0.25, -0.2) is 4.79 Å². The number of carboxylic acids is 1. The Morgan fingerprint density at radius 1 is 1.53 bits per heavy atom. The van der Waals surface area contributed by atoms with Crippen LogP contribution >= 0.6 is 0 Å². The van der Waals surface area contributed by atoms with Crippen molar-refractivity contribution in [1.82, 2.24) is 15.2 Å². The van der Waals surface area contributed by atoms with Crippen molar-refractivity contribution < 1.29 is 14.7 Å². The summed E-state index contributed by atoms with van der Waals surface area (Å²) in [5, 5.41) is 11.3. The molecule has 6 heteroatoms. The molecule has 0 aliphatic heterocycles. The Balaban J connectivity index is 2.57. The van der Waals surface area contributed by atoms with Crippen molar-refractivity contribution in [3.05, 3.63) is 29.6 Å². The lowest BCUT2D eigenvalue weighted by Crippen LogP contribution is -2.42. The molecule has 0 fully saturated rings. The molecule has 1 rings (SSSR count). The van der Waals surface area contributed by atoms with Crippen LogP contribution in [0.2, 0.25) is 0 Å². The van der Waals surface area contributed by atoms with Gasteiger partial charge in [0.25, 0.3) is 0 Å². The number of nitrogens with zero attached hydrogens (tertiary/aromatic N) is 2. The van der Waals surface area contributed by atoms with Crippen LogP contribution < -0.4 is 5.32 Å². The van der Waals surface area contributed by atoms with Crippen molar-refractivity contribution in [3.63, 3.8) is 0 Å². The number of urea groups is 1. The van der Waals surface area contributed by atoms with E-state index in [1.165, 1.54) is 0 Å². The highest BCUT2D eigenvalue weighted by Gasteiger charge is 2.15. The lowest BCUT2D eigenvalue weighted by atomic mass is 10.3. The number of carbonyl (C=O) groups excluding carboxylic acids is 1. The van der Waals surface area contributed by atoms with Crippen LogP contribution in [0.3, 0.4) is 0 Å². The van der Waals surface area contributed by atoms with E-state index in [9.17, 15) is 9.59 Å². The summed E-state index contributed by atoms with van der Waals surface area (Å²) in [4.78, 5) is 27.6. The number of hydrogen-bond acceptors (Lipinski definition) is 3. The number of aliphatic carboxylic acids is 1. The molecule has 19 heavy (non-hydrogen) atoms. The van der Waals surface area contributed by atoms with Gasteiger partial charge in [0.1, 0.15) is 6.54 Å². The van der Waals surface area contributed by atoms with Gasteiger partial charge in [-0.2, -0.15) is 0 Å². The normalized spacial score (nSPS) is 9.47. The average Bonchev–Trinajstić information content (AvgIpc) is 2.35. The second-order valence-corrected chi connectivity index (χ2v) is 3.88. The fraction of sp³-hybridized carbons (Fsp3) is 0.308. The topological polar surface area (TPSA) is 82.5 Å². The Labute approximate surface area is 111 Å². The van der Waals surface area contributed by atoms with E-state index in [0.29, 0.717) is 5.69 Å². The van der Waals surface area contributed by atoms with Gasteiger partial charge in [-0.15, -0.1) is 6.42 Å². The van der Waals surface area contributed by atoms with E-state index in [-0.39, 0.29) is 13.1 Å². The third-order valence-electron chi connectivity index (χ3n) is 2.26. The number of nitrogens with one attached hydrogen (secondary N) is 1. The number of aryl methyl sites for hydroxylation is 1. The minimum Gasteiger partial charge on any atom is -0.480 e. The van der Waals surface area contributed by atoms with E-state index in [0.717, 1.165) is 10.6 Å². The molecule has 0 aromatic carbocycles. The smallest absolute Gasteiger partial charge is 0.323 e. The van der Waals surface area contributed by atoms with Gasteiger partial charge in [0, 0.05) is 5.69 Å². The first-order chi connectivity index (χ1) is 9.02. The summed E-state index contributed by atoms with van der Waals surface area (Å²) >= 11 is 0. The molecular weight excluding hydrogens is 246 g/mol. The van der Waals surface area contributed by atoms with Crippen molar-refractivity contribution >= 4 is 12.0 Å². The monoisotopic (exact) mass is 261 g/mol. The number of aromatic nitrogens is 1. The van der Waals surface area contributed by atoms with Crippen molar-refractivity contribution in [1.29, 1.82) is 0 Å². The van der Waals surface area contributed by atoms with Crippen molar-refractivity contribution in [2.75, 3.05) is 13.1 Å². The second kappa shape index (κ2) is 7.01. The largest absolute Gasteiger partial charge is 0.480 e. The van der Waals surface area contributed by atoms with Crippen LogP contribution in [-0.4, -0.2) is 40.1 Å². The summed E-state index contributed by atoms with van der Waals surface area (Å²) < 4.78 is 0. The molecule has 0 aliphatic rings. The van der Waals surface area contributed by atoms with E-state index in [1.807, 2.05) is 19.1 Å². The van der Waals surface area contributed by atoms with Crippen LogP contribution in [0.1, 0.15) is 11.4 Å². The summed E-state index contributed by atoms with van der Waals surface area (Å²) in [5.74, 6) is 1.14. The Hall–Kier alpha value is -2.55. The Kier molecular flexibility index (Phi) is 5.35. The van der Waals surface area contributed by atoms with Gasteiger partial charge in [-0.3, -0.25) is 9.78 Å². The van der Waals surface area contributed by atoms with Gasteiger partial charge in [-0.05, 0) is 19.1 Å². The van der Waals surface area contributed by atoms with Crippen LogP contribution in [-0.2, 0) is 11.3 Å². The molecule has 100 valence electrons. The van der Waals surface area contributed by atoms with Gasteiger partial charge < -0.3 is 15.3 Å². The predicted molar refractivity (Wildman–Crippen MR) is 69.3 cm³/mol. The number of terminal acetylenes is 1. The van der Waals surface area contributed by atoms with Gasteiger partial charge >= 0.3 is 12.0 Å². The molecule has 0 saturated heterocycles. The number of carboxylic acid groups (broad SMARTS) is 1. The Bertz CT molecular complexity index is 508. The first-order valence-corrected chi connectivity index (χ1v) is 5.63. The molecule has 0 saturated carbocycles. The number of rotatable bonds is 5. The number of pyridine rings is 1. The molecule has 6 nitrogen and oxygen atoms in total. The lowest BCUT2D eigenvalue weighted by molar-refractivity contribution is -0.137. The quantitative estimate of drug-likeness (QED) is 0.761. The Morgan fingerprint density at radius 2 is 2.26 bits per heavy atom. The lowest BCUT2D eigenvalue weighted by Gasteiger charge is -2.18. The molecule has 1 aromatic heterocycles. The number of hydrogen-bond donors (Lipinski definition) is 2. The predicted octanol–water partition coefficient (Wildman–Crippen LogP) is 0.619. The number of carbonyl (C=O) groups is 2. The van der Waals surface area contributed by atoms with E-state index in [1.54, 1.807) is 6.07 Å². The minimum atomic E-state index is -1.11. The zero-order valence-corrected chi connectivity index (χ0v) is 10.6. The molecule has 0 radical (unpaired) electrons. The van der Waals surface area contributed by atoms with Crippen molar-refractivity contribution in [2.45, 2.75) is 13.5 Å². The average molecular weight is 261 g/mol. The van der Waals surface area contributed by atoms with Crippen LogP contribution in [0.4, 0.5) is 4.79 Å². The molecule has 2 amide bonds. The summed E-state index contributed by atoms with van der Waals surface area (Å²) in [6.07, 6.45) is 5.09. The highest BCUT2D eigenvalue weighted by Crippen LogP contribution is 1.98. The molecule has 0 atom stereocenters. The van der Waals surface area contributed by atoms with Gasteiger partial charge in [-0.1, -0.05) is 12.0 Å². The molecular formula is C13H15N3O3.